The Morgan fingerprint density at radius 2 is 1.69 bits per heavy atom. The van der Waals surface area contributed by atoms with E-state index in [0.29, 0.717) is 5.56 Å². The quantitative estimate of drug-likeness (QED) is 0.563. The SMILES string of the molecule is Cl.NC(=O)[C@](N)(Cc1ccccc1)[C@@]12C(C(=O)O)[C@@H](F)C[C@@H]1[C@@H]2C(=O)O. The Balaban J connectivity index is 0.00000243. The fourth-order valence-corrected chi connectivity index (χ4v) is 4.91. The highest BCUT2D eigenvalue weighted by molar-refractivity contribution is 5.93. The summed E-state index contributed by atoms with van der Waals surface area (Å²) in [4.78, 5) is 35.6. The smallest absolute Gasteiger partial charge is 0.310 e. The van der Waals surface area contributed by atoms with Gasteiger partial charge in [0, 0.05) is 5.41 Å². The summed E-state index contributed by atoms with van der Waals surface area (Å²) in [5.41, 5.74) is 8.70. The minimum Gasteiger partial charge on any atom is -0.481 e. The van der Waals surface area contributed by atoms with Crippen molar-refractivity contribution in [2.75, 3.05) is 0 Å². The zero-order chi connectivity index (χ0) is 18.6. The van der Waals surface area contributed by atoms with Gasteiger partial charge in [0.1, 0.15) is 11.7 Å². The molecule has 2 fully saturated rings. The van der Waals surface area contributed by atoms with Gasteiger partial charge in [-0.3, -0.25) is 14.4 Å². The maximum absolute atomic E-state index is 14.4. The molecule has 2 aliphatic rings. The molecular weight excluding hydrogens is 367 g/mol. The molecule has 0 aliphatic heterocycles. The first-order valence-corrected chi connectivity index (χ1v) is 7.90. The number of carbonyl (C=O) groups excluding carboxylic acids is 1. The van der Waals surface area contributed by atoms with Crippen LogP contribution in [0.15, 0.2) is 30.3 Å². The van der Waals surface area contributed by atoms with Crippen molar-refractivity contribution in [3.63, 3.8) is 0 Å². The molecule has 3 rings (SSSR count). The van der Waals surface area contributed by atoms with Gasteiger partial charge in [-0.25, -0.2) is 4.39 Å². The molecule has 0 spiro atoms. The van der Waals surface area contributed by atoms with Crippen LogP contribution in [-0.4, -0.2) is 39.8 Å². The largest absolute Gasteiger partial charge is 0.481 e. The number of alkyl halides is 1. The molecule has 2 saturated carbocycles. The summed E-state index contributed by atoms with van der Waals surface area (Å²) in [6.07, 6.45) is -2.18. The monoisotopic (exact) mass is 386 g/mol. The standard InChI is InChI=1S/C17H19FN2O5.ClH/c18-10-6-9-11(13(21)22)17(9,12(10)14(23)24)16(20,15(19)25)7-8-4-2-1-3-5-8;/h1-5,9-12H,6-7,20H2,(H2,19,25)(H,21,22)(H,23,24);1H/t9-,10+,11-,12?,16-,17+;/m1./s1. The molecule has 0 radical (unpaired) electrons. The number of benzene rings is 1. The second kappa shape index (κ2) is 6.51. The maximum Gasteiger partial charge on any atom is 0.310 e. The number of fused-ring (bicyclic) bond motifs is 1. The molecule has 142 valence electrons. The van der Waals surface area contributed by atoms with Crippen molar-refractivity contribution in [2.24, 2.45) is 34.6 Å². The summed E-state index contributed by atoms with van der Waals surface area (Å²) in [5.74, 6) is -7.52. The van der Waals surface area contributed by atoms with Crippen LogP contribution in [0.1, 0.15) is 12.0 Å². The zero-order valence-electron chi connectivity index (χ0n) is 13.7. The minimum atomic E-state index is -1.98. The van der Waals surface area contributed by atoms with Gasteiger partial charge in [-0.15, -0.1) is 12.4 Å². The van der Waals surface area contributed by atoms with Crippen molar-refractivity contribution in [3.05, 3.63) is 35.9 Å². The van der Waals surface area contributed by atoms with Gasteiger partial charge in [0.25, 0.3) is 0 Å². The zero-order valence-corrected chi connectivity index (χ0v) is 14.5. The lowest BCUT2D eigenvalue weighted by Gasteiger charge is -2.38. The molecule has 9 heteroatoms. The summed E-state index contributed by atoms with van der Waals surface area (Å²) in [5, 5.41) is 19.0. The third kappa shape index (κ3) is 2.47. The molecule has 1 aromatic rings. The minimum absolute atomic E-state index is 0. The number of carboxylic acid groups (broad SMARTS) is 2. The van der Waals surface area contributed by atoms with Crippen LogP contribution in [0, 0.1) is 23.2 Å². The van der Waals surface area contributed by atoms with Crippen LogP contribution in [0.4, 0.5) is 4.39 Å². The maximum atomic E-state index is 14.4. The molecule has 7 nitrogen and oxygen atoms in total. The lowest BCUT2D eigenvalue weighted by molar-refractivity contribution is -0.151. The third-order valence-corrected chi connectivity index (χ3v) is 5.85. The summed E-state index contributed by atoms with van der Waals surface area (Å²) in [7, 11) is 0. The highest BCUT2D eigenvalue weighted by Crippen LogP contribution is 2.75. The van der Waals surface area contributed by atoms with Crippen LogP contribution in [0.5, 0.6) is 0 Å². The van der Waals surface area contributed by atoms with Crippen molar-refractivity contribution in [1.29, 1.82) is 0 Å². The third-order valence-electron chi connectivity index (χ3n) is 5.85. The number of carboxylic acids is 2. The molecule has 1 aromatic carbocycles. The number of aliphatic carboxylic acids is 2. The van der Waals surface area contributed by atoms with Gasteiger partial charge >= 0.3 is 11.9 Å². The van der Waals surface area contributed by atoms with Crippen molar-refractivity contribution in [3.8, 4) is 0 Å². The van der Waals surface area contributed by atoms with Gasteiger partial charge in [-0.05, 0) is 24.3 Å². The van der Waals surface area contributed by atoms with E-state index in [9.17, 15) is 29.0 Å². The Morgan fingerprint density at radius 3 is 2.15 bits per heavy atom. The Kier molecular flexibility index (Phi) is 5.04. The second-order valence-corrected chi connectivity index (χ2v) is 6.92. The number of hydrogen-bond acceptors (Lipinski definition) is 4. The summed E-state index contributed by atoms with van der Waals surface area (Å²) in [6.45, 7) is 0. The average molecular weight is 387 g/mol. The van der Waals surface area contributed by atoms with Crippen LogP contribution in [0.3, 0.4) is 0 Å². The second-order valence-electron chi connectivity index (χ2n) is 6.92. The van der Waals surface area contributed by atoms with Crippen molar-refractivity contribution >= 4 is 30.3 Å². The summed E-state index contributed by atoms with van der Waals surface area (Å²) in [6, 6.07) is 8.50. The molecule has 0 saturated heterocycles. The van der Waals surface area contributed by atoms with Gasteiger partial charge in [0.2, 0.25) is 5.91 Å². The van der Waals surface area contributed by atoms with E-state index in [4.69, 9.17) is 11.5 Å². The lowest BCUT2D eigenvalue weighted by atomic mass is 9.68. The first-order chi connectivity index (χ1) is 11.7. The number of carbonyl (C=O) groups is 3. The topological polar surface area (TPSA) is 144 Å². The van der Waals surface area contributed by atoms with Gasteiger partial charge in [0.15, 0.2) is 0 Å². The molecule has 6 N–H and O–H groups in total. The lowest BCUT2D eigenvalue weighted by Crippen LogP contribution is -2.64. The van der Waals surface area contributed by atoms with E-state index >= 15 is 0 Å². The first kappa shape index (κ1) is 20.1. The number of rotatable bonds is 6. The Morgan fingerprint density at radius 1 is 1.15 bits per heavy atom. The van der Waals surface area contributed by atoms with E-state index in [0.717, 1.165) is 0 Å². The normalized spacial score (nSPS) is 34.1. The number of amides is 1. The molecule has 26 heavy (non-hydrogen) atoms. The highest BCUT2D eigenvalue weighted by Gasteiger charge is 2.86. The molecule has 1 amide bonds. The van der Waals surface area contributed by atoms with Gasteiger partial charge in [-0.2, -0.15) is 0 Å². The number of hydrogen-bond donors (Lipinski definition) is 4. The number of primary amides is 1. The van der Waals surface area contributed by atoms with Gasteiger partial charge in [-0.1, -0.05) is 30.3 Å². The van der Waals surface area contributed by atoms with Crippen LogP contribution in [0.2, 0.25) is 0 Å². The Bertz CT molecular complexity index is 748. The fourth-order valence-electron chi connectivity index (χ4n) is 4.91. The van der Waals surface area contributed by atoms with E-state index in [1.807, 2.05) is 0 Å². The van der Waals surface area contributed by atoms with Crippen molar-refractivity contribution in [2.45, 2.75) is 24.6 Å². The van der Waals surface area contributed by atoms with E-state index in [1.165, 1.54) is 0 Å². The van der Waals surface area contributed by atoms with Crippen LogP contribution < -0.4 is 11.5 Å². The molecule has 0 bridgehead atoms. The Labute approximate surface area is 155 Å². The predicted molar refractivity (Wildman–Crippen MR) is 91.2 cm³/mol. The number of nitrogens with two attached hydrogens (primary N) is 2. The molecule has 2 aliphatic carbocycles. The summed E-state index contributed by atoms with van der Waals surface area (Å²) >= 11 is 0. The van der Waals surface area contributed by atoms with Crippen LogP contribution in [-0.2, 0) is 20.8 Å². The van der Waals surface area contributed by atoms with Gasteiger partial charge < -0.3 is 21.7 Å². The van der Waals surface area contributed by atoms with Crippen LogP contribution >= 0.6 is 12.4 Å². The average Bonchev–Trinajstić information content (AvgIpc) is 3.06. The van der Waals surface area contributed by atoms with E-state index in [-0.39, 0.29) is 25.2 Å². The molecule has 0 heterocycles. The molecule has 1 unspecified atom stereocenters. The van der Waals surface area contributed by atoms with Crippen molar-refractivity contribution in [1.82, 2.24) is 0 Å². The van der Waals surface area contributed by atoms with Gasteiger partial charge in [0.05, 0.1) is 11.8 Å². The van der Waals surface area contributed by atoms with E-state index in [2.05, 4.69) is 0 Å². The van der Waals surface area contributed by atoms with E-state index in [1.54, 1.807) is 30.3 Å². The number of halogens is 2. The Hall–Kier alpha value is -2.19. The van der Waals surface area contributed by atoms with Crippen LogP contribution in [0.25, 0.3) is 0 Å². The van der Waals surface area contributed by atoms with E-state index < -0.39 is 52.7 Å². The van der Waals surface area contributed by atoms with Crippen molar-refractivity contribution < 1.29 is 29.0 Å². The summed E-state index contributed by atoms with van der Waals surface area (Å²) < 4.78 is 14.4. The molecule has 0 aromatic heterocycles. The fraction of sp³-hybridized carbons (Fsp3) is 0.471. The first-order valence-electron chi connectivity index (χ1n) is 7.90. The predicted octanol–water partition coefficient (Wildman–Crippen LogP) is 0.593. The highest BCUT2D eigenvalue weighted by atomic mass is 35.5. The molecule has 6 atom stereocenters. The molecular formula is C17H20ClFN2O5.